The van der Waals surface area contributed by atoms with Gasteiger partial charge in [-0.2, -0.15) is 0 Å². The second kappa shape index (κ2) is 68.2. The first-order chi connectivity index (χ1) is 47.2. The number of aliphatic hydroxyl groups is 1. The lowest BCUT2D eigenvalue weighted by atomic mass is 9.99. The van der Waals surface area contributed by atoms with Crippen LogP contribution in [-0.2, 0) is 65.4 Å². The average molecular weight is 1440 g/mol. The van der Waals surface area contributed by atoms with E-state index < -0.39 is 97.5 Å². The molecule has 19 heteroatoms. The van der Waals surface area contributed by atoms with Gasteiger partial charge in [-0.3, -0.25) is 37.3 Å². The van der Waals surface area contributed by atoms with E-state index in [4.69, 9.17) is 37.0 Å². The Morgan fingerprint density at radius 2 is 0.490 bits per heavy atom. The van der Waals surface area contributed by atoms with E-state index in [0.29, 0.717) is 25.7 Å². The first-order valence-corrected chi connectivity index (χ1v) is 43.8. The number of aliphatic hydroxyl groups excluding tert-OH is 1. The van der Waals surface area contributed by atoms with Crippen LogP contribution in [0.25, 0.3) is 0 Å². The van der Waals surface area contributed by atoms with E-state index in [2.05, 4.69) is 55.4 Å². The summed E-state index contributed by atoms with van der Waals surface area (Å²) in [5.41, 5.74) is 0. The molecule has 98 heavy (non-hydrogen) atoms. The van der Waals surface area contributed by atoms with Gasteiger partial charge in [-0.15, -0.1) is 0 Å². The molecule has 0 amide bonds. The van der Waals surface area contributed by atoms with Crippen LogP contribution >= 0.6 is 15.6 Å². The van der Waals surface area contributed by atoms with Gasteiger partial charge in [0.25, 0.3) is 0 Å². The van der Waals surface area contributed by atoms with Gasteiger partial charge in [-0.05, 0) is 49.4 Å². The van der Waals surface area contributed by atoms with Gasteiger partial charge in [0.15, 0.2) is 12.2 Å². The third-order valence-corrected chi connectivity index (χ3v) is 20.9. The van der Waals surface area contributed by atoms with Gasteiger partial charge in [-0.25, -0.2) is 9.13 Å². The highest BCUT2D eigenvalue weighted by molar-refractivity contribution is 7.47. The van der Waals surface area contributed by atoms with Crippen molar-refractivity contribution in [2.24, 2.45) is 23.7 Å². The summed E-state index contributed by atoms with van der Waals surface area (Å²) in [4.78, 5) is 73.0. The molecule has 0 aromatic carbocycles. The van der Waals surface area contributed by atoms with Gasteiger partial charge in [-0.1, -0.05) is 351 Å². The largest absolute Gasteiger partial charge is 0.472 e. The van der Waals surface area contributed by atoms with Crippen LogP contribution in [-0.4, -0.2) is 96.7 Å². The minimum atomic E-state index is -4.96. The van der Waals surface area contributed by atoms with E-state index >= 15 is 0 Å². The van der Waals surface area contributed by atoms with E-state index in [0.717, 1.165) is 114 Å². The van der Waals surface area contributed by atoms with Crippen molar-refractivity contribution < 1.29 is 80.2 Å². The van der Waals surface area contributed by atoms with Crippen molar-refractivity contribution in [3.8, 4) is 0 Å². The second-order valence-electron chi connectivity index (χ2n) is 29.9. The molecule has 0 bridgehead atoms. The van der Waals surface area contributed by atoms with E-state index in [1.807, 2.05) is 0 Å². The maximum absolute atomic E-state index is 13.1. The number of carbonyl (C=O) groups excluding carboxylic acids is 4. The summed E-state index contributed by atoms with van der Waals surface area (Å²) in [5.74, 6) is 1.04. The molecule has 0 saturated heterocycles. The van der Waals surface area contributed by atoms with Crippen LogP contribution in [0.3, 0.4) is 0 Å². The fraction of sp³-hybridized carbons (Fsp3) is 0.949. The molecular formula is C79H154O17P2. The van der Waals surface area contributed by atoms with Gasteiger partial charge in [0.2, 0.25) is 0 Å². The summed E-state index contributed by atoms with van der Waals surface area (Å²) < 4.78 is 68.7. The van der Waals surface area contributed by atoms with Crippen molar-refractivity contribution >= 4 is 39.5 Å². The Morgan fingerprint density at radius 3 is 0.724 bits per heavy atom. The summed E-state index contributed by atoms with van der Waals surface area (Å²) in [6.45, 7) is 14.3. The zero-order chi connectivity index (χ0) is 72.4. The van der Waals surface area contributed by atoms with Gasteiger partial charge >= 0.3 is 39.5 Å². The molecule has 0 spiro atoms. The summed E-state index contributed by atoms with van der Waals surface area (Å²) in [7, 11) is -9.92. The smallest absolute Gasteiger partial charge is 0.462 e. The second-order valence-corrected chi connectivity index (χ2v) is 32.8. The van der Waals surface area contributed by atoms with Gasteiger partial charge in [0, 0.05) is 25.7 Å². The molecule has 0 saturated carbocycles. The highest BCUT2D eigenvalue weighted by Crippen LogP contribution is 2.45. The third kappa shape index (κ3) is 69.8. The Labute approximate surface area is 600 Å². The van der Waals surface area contributed by atoms with Gasteiger partial charge in [0.1, 0.15) is 19.3 Å². The van der Waals surface area contributed by atoms with Crippen LogP contribution in [0, 0.1) is 23.7 Å². The number of hydrogen-bond donors (Lipinski definition) is 3. The Balaban J connectivity index is 5.28. The highest BCUT2D eigenvalue weighted by Gasteiger charge is 2.30. The van der Waals surface area contributed by atoms with E-state index in [1.165, 1.54) is 205 Å². The fourth-order valence-electron chi connectivity index (χ4n) is 12.0. The van der Waals surface area contributed by atoms with Crippen molar-refractivity contribution in [3.05, 3.63) is 0 Å². The maximum Gasteiger partial charge on any atom is 0.472 e. The lowest BCUT2D eigenvalue weighted by Gasteiger charge is -2.21. The normalized spacial score (nSPS) is 14.6. The molecule has 0 aliphatic heterocycles. The number of carbonyl (C=O) groups is 4. The number of hydrogen-bond acceptors (Lipinski definition) is 15. The molecule has 17 nitrogen and oxygen atoms in total. The van der Waals surface area contributed by atoms with Crippen molar-refractivity contribution in [3.63, 3.8) is 0 Å². The zero-order valence-corrected chi connectivity index (χ0v) is 66.2. The highest BCUT2D eigenvalue weighted by atomic mass is 31.2. The number of phosphoric acid groups is 2. The Morgan fingerprint density at radius 1 is 0.286 bits per heavy atom. The van der Waals surface area contributed by atoms with E-state index in [1.54, 1.807) is 0 Å². The SMILES string of the molecule is CCC(C)CCCCCCCCCCCCCCCCC(=O)O[C@H](COC(=O)CCCCCCCCCCCCCC(C)C)COP(=O)(O)OC[C@@H](O)COP(=O)(O)OC[C@@H](COC(=O)CCCCCCCCCCC(C)CC)OC(=O)CCCCCCCCCCCCCC(C)C. The van der Waals surface area contributed by atoms with Crippen LogP contribution < -0.4 is 0 Å². The first kappa shape index (κ1) is 96.1. The lowest BCUT2D eigenvalue weighted by molar-refractivity contribution is -0.161. The first-order valence-electron chi connectivity index (χ1n) is 40.8. The molecule has 3 N–H and O–H groups in total. The van der Waals surface area contributed by atoms with Gasteiger partial charge in [0.05, 0.1) is 26.4 Å². The molecule has 7 atom stereocenters. The molecule has 0 aromatic rings. The van der Waals surface area contributed by atoms with Crippen LogP contribution in [0.2, 0.25) is 0 Å². The number of ether oxygens (including phenoxy) is 4. The molecule has 0 aliphatic rings. The summed E-state index contributed by atoms with van der Waals surface area (Å²) in [6, 6.07) is 0. The minimum absolute atomic E-state index is 0.106. The molecule has 4 unspecified atom stereocenters. The predicted octanol–water partition coefficient (Wildman–Crippen LogP) is 23.2. The quantitative estimate of drug-likeness (QED) is 0.0222. The summed E-state index contributed by atoms with van der Waals surface area (Å²) >= 11 is 0. The lowest BCUT2D eigenvalue weighted by Crippen LogP contribution is -2.30. The predicted molar refractivity (Wildman–Crippen MR) is 400 cm³/mol. The molecule has 0 aromatic heterocycles. The van der Waals surface area contributed by atoms with E-state index in [-0.39, 0.29) is 25.7 Å². The van der Waals surface area contributed by atoms with Crippen molar-refractivity contribution in [1.29, 1.82) is 0 Å². The molecule has 0 aliphatic carbocycles. The molecule has 0 radical (unpaired) electrons. The summed E-state index contributed by atoms with van der Waals surface area (Å²) in [5, 5.41) is 10.6. The number of phosphoric ester groups is 2. The Bertz CT molecular complexity index is 1920. The fourth-order valence-corrected chi connectivity index (χ4v) is 13.6. The van der Waals surface area contributed by atoms with Crippen LogP contribution in [0.5, 0.6) is 0 Å². The molecule has 0 heterocycles. The molecule has 0 fully saturated rings. The summed E-state index contributed by atoms with van der Waals surface area (Å²) in [6.07, 6.45) is 53.9. The average Bonchev–Trinajstić information content (AvgIpc) is 1.26. The van der Waals surface area contributed by atoms with Crippen molar-refractivity contribution in [2.75, 3.05) is 39.6 Å². The van der Waals surface area contributed by atoms with Crippen LogP contribution in [0.15, 0.2) is 0 Å². The number of esters is 4. The Kier molecular flexibility index (Phi) is 66.8. The Hall–Kier alpha value is -1.94. The molecule has 0 rings (SSSR count). The van der Waals surface area contributed by atoms with Crippen molar-refractivity contribution in [2.45, 2.75) is 420 Å². The standard InChI is InChI=1S/C79H154O17P2/c1-9-71(7)57-49-41-33-25-19-13-11-12-14-20-27-37-45-53-61-78(83)95-74(65-89-76(81)59-51-43-35-26-21-15-17-23-31-39-47-55-69(3)4)67-93-97(85,86)91-63-73(80)64-92-98(87,88)94-68-75(66-90-77(82)60-52-44-36-30-29-34-42-50-58-72(8)10-2)96-79(84)62-54-46-38-28-22-16-18-24-32-40-48-56-70(5)6/h69-75,80H,9-68H2,1-8H3,(H,85,86)(H,87,88)/t71?,72?,73-,74-,75-/m1/s1. The van der Waals surface area contributed by atoms with Gasteiger partial charge < -0.3 is 33.8 Å². The maximum atomic E-state index is 13.1. The van der Waals surface area contributed by atoms with Crippen molar-refractivity contribution in [1.82, 2.24) is 0 Å². The number of rotatable bonds is 76. The zero-order valence-electron chi connectivity index (χ0n) is 64.4. The van der Waals surface area contributed by atoms with Crippen LogP contribution in [0.1, 0.15) is 402 Å². The topological polar surface area (TPSA) is 237 Å². The molecule has 582 valence electrons. The number of unbranched alkanes of at least 4 members (excludes halogenated alkanes) is 40. The van der Waals surface area contributed by atoms with Crippen LogP contribution in [0.4, 0.5) is 0 Å². The molecular weight excluding hydrogens is 1280 g/mol. The third-order valence-electron chi connectivity index (χ3n) is 19.0. The monoisotopic (exact) mass is 1440 g/mol. The van der Waals surface area contributed by atoms with E-state index in [9.17, 15) is 43.2 Å². The minimum Gasteiger partial charge on any atom is -0.462 e.